The molecule has 0 saturated carbocycles. The Balaban J connectivity index is 1.70. The molecule has 0 spiro atoms. The van der Waals surface area contributed by atoms with Crippen molar-refractivity contribution in [3.05, 3.63) is 34.9 Å². The number of benzene rings is 1. The van der Waals surface area contributed by atoms with Gasteiger partial charge in [0, 0.05) is 38.9 Å². The molecular weight excluding hydrogens is 364 g/mol. The van der Waals surface area contributed by atoms with Gasteiger partial charge in [-0.25, -0.2) is 0 Å². The Kier molecular flexibility index (Phi) is 6.08. The summed E-state index contributed by atoms with van der Waals surface area (Å²) in [7, 11) is 2.93. The van der Waals surface area contributed by atoms with Crippen molar-refractivity contribution in [1.82, 2.24) is 9.80 Å². The van der Waals surface area contributed by atoms with Crippen LogP contribution < -0.4 is 0 Å². The molecule has 0 aromatic heterocycles. The SMILES string of the molecule is COCCCN1C(=O)c2ccc(C(=O)N3CCC(C(=O)OC)CC3)cc2C1=O. The van der Waals surface area contributed by atoms with E-state index in [1.807, 2.05) is 0 Å². The quantitative estimate of drug-likeness (QED) is 0.415. The lowest BCUT2D eigenvalue weighted by Gasteiger charge is -2.30. The fourth-order valence-corrected chi connectivity index (χ4v) is 3.66. The van der Waals surface area contributed by atoms with Crippen LogP contribution in [-0.2, 0) is 14.3 Å². The van der Waals surface area contributed by atoms with Gasteiger partial charge in [0.15, 0.2) is 0 Å². The standard InChI is InChI=1S/C20H24N2O6/c1-27-11-3-8-22-18(24)15-5-4-14(12-16(15)19(22)25)17(23)21-9-6-13(7-10-21)20(26)28-2/h4-5,12-13H,3,6-11H2,1-2H3. The Morgan fingerprint density at radius 2 is 1.75 bits per heavy atom. The lowest BCUT2D eigenvalue weighted by Crippen LogP contribution is -2.40. The number of carbonyl (C=O) groups is 4. The average molecular weight is 388 g/mol. The van der Waals surface area contributed by atoms with Crippen molar-refractivity contribution in [2.45, 2.75) is 19.3 Å². The summed E-state index contributed by atoms with van der Waals surface area (Å²) in [6.45, 7) is 1.64. The average Bonchev–Trinajstić information content (AvgIpc) is 2.97. The van der Waals surface area contributed by atoms with Crippen molar-refractivity contribution >= 4 is 23.7 Å². The van der Waals surface area contributed by atoms with E-state index in [2.05, 4.69) is 0 Å². The van der Waals surface area contributed by atoms with E-state index in [0.717, 1.165) is 0 Å². The molecule has 0 atom stereocenters. The zero-order valence-corrected chi connectivity index (χ0v) is 16.1. The van der Waals surface area contributed by atoms with E-state index in [0.29, 0.717) is 50.1 Å². The fourth-order valence-electron chi connectivity index (χ4n) is 3.66. The molecule has 2 aliphatic rings. The number of nitrogens with zero attached hydrogens (tertiary/aromatic N) is 2. The van der Waals surface area contributed by atoms with Crippen molar-refractivity contribution in [2.75, 3.05) is 40.5 Å². The van der Waals surface area contributed by atoms with Gasteiger partial charge in [0.05, 0.1) is 24.2 Å². The third-order valence-corrected chi connectivity index (χ3v) is 5.26. The molecule has 1 aromatic rings. The molecule has 3 rings (SSSR count). The molecule has 8 nitrogen and oxygen atoms in total. The molecule has 0 unspecified atom stereocenters. The number of hydrogen-bond donors (Lipinski definition) is 0. The predicted octanol–water partition coefficient (Wildman–Crippen LogP) is 1.34. The van der Waals surface area contributed by atoms with Gasteiger partial charge in [-0.15, -0.1) is 0 Å². The molecule has 3 amide bonds. The number of methoxy groups -OCH3 is 2. The molecule has 0 radical (unpaired) electrons. The Bertz CT molecular complexity index is 798. The second-order valence-corrected chi connectivity index (χ2v) is 6.96. The number of fused-ring (bicyclic) bond motifs is 1. The second-order valence-electron chi connectivity index (χ2n) is 6.96. The van der Waals surface area contributed by atoms with Gasteiger partial charge in [-0.1, -0.05) is 0 Å². The number of hydrogen-bond acceptors (Lipinski definition) is 6. The third kappa shape index (κ3) is 3.77. The van der Waals surface area contributed by atoms with Crippen LogP contribution in [-0.4, -0.2) is 74.0 Å². The van der Waals surface area contributed by atoms with Crippen LogP contribution in [0.4, 0.5) is 0 Å². The minimum absolute atomic E-state index is 0.186. The molecule has 2 heterocycles. The summed E-state index contributed by atoms with van der Waals surface area (Å²) in [5, 5.41) is 0. The predicted molar refractivity (Wildman–Crippen MR) is 98.9 cm³/mol. The van der Waals surface area contributed by atoms with Crippen molar-refractivity contribution in [2.24, 2.45) is 5.92 Å². The van der Waals surface area contributed by atoms with Crippen LogP contribution in [0.25, 0.3) is 0 Å². The first-order valence-electron chi connectivity index (χ1n) is 9.34. The molecular formula is C20H24N2O6. The first-order valence-corrected chi connectivity index (χ1v) is 9.34. The van der Waals surface area contributed by atoms with E-state index in [1.54, 1.807) is 24.1 Å². The number of piperidine rings is 1. The summed E-state index contributed by atoms with van der Waals surface area (Å²) >= 11 is 0. The van der Waals surface area contributed by atoms with Gasteiger partial charge >= 0.3 is 5.97 Å². The third-order valence-electron chi connectivity index (χ3n) is 5.26. The van der Waals surface area contributed by atoms with Crippen molar-refractivity contribution < 1.29 is 28.7 Å². The van der Waals surface area contributed by atoms with E-state index in [1.165, 1.54) is 18.1 Å². The normalized spacial score (nSPS) is 17.1. The maximum Gasteiger partial charge on any atom is 0.308 e. The Morgan fingerprint density at radius 3 is 2.39 bits per heavy atom. The van der Waals surface area contributed by atoms with Crippen molar-refractivity contribution in [1.29, 1.82) is 0 Å². The minimum Gasteiger partial charge on any atom is -0.469 e. The maximum absolute atomic E-state index is 12.8. The monoisotopic (exact) mass is 388 g/mol. The second kappa shape index (κ2) is 8.52. The molecule has 2 aliphatic heterocycles. The number of rotatable bonds is 6. The fraction of sp³-hybridized carbons (Fsp3) is 0.500. The molecule has 0 aliphatic carbocycles. The topological polar surface area (TPSA) is 93.2 Å². The molecule has 1 saturated heterocycles. The highest BCUT2D eigenvalue weighted by Crippen LogP contribution is 2.26. The first-order chi connectivity index (χ1) is 13.5. The highest BCUT2D eigenvalue weighted by molar-refractivity contribution is 6.22. The Hall–Kier alpha value is -2.74. The largest absolute Gasteiger partial charge is 0.469 e. The van der Waals surface area contributed by atoms with Gasteiger partial charge in [0.2, 0.25) is 0 Å². The highest BCUT2D eigenvalue weighted by atomic mass is 16.5. The Labute approximate surface area is 163 Å². The van der Waals surface area contributed by atoms with Gasteiger partial charge < -0.3 is 14.4 Å². The summed E-state index contributed by atoms with van der Waals surface area (Å²) in [6, 6.07) is 4.62. The number of ether oxygens (including phenoxy) is 2. The smallest absolute Gasteiger partial charge is 0.308 e. The van der Waals surface area contributed by atoms with Gasteiger partial charge in [0.25, 0.3) is 17.7 Å². The number of likely N-dealkylation sites (tertiary alicyclic amines) is 1. The van der Waals surface area contributed by atoms with E-state index < -0.39 is 0 Å². The lowest BCUT2D eigenvalue weighted by molar-refractivity contribution is -0.146. The number of esters is 1. The van der Waals surface area contributed by atoms with Crippen LogP contribution in [0.15, 0.2) is 18.2 Å². The first kappa shape index (κ1) is 20.0. The van der Waals surface area contributed by atoms with Crippen LogP contribution in [0.5, 0.6) is 0 Å². The molecule has 1 fully saturated rings. The molecule has 0 N–H and O–H groups in total. The number of carbonyl (C=O) groups excluding carboxylic acids is 4. The van der Waals surface area contributed by atoms with Crippen LogP contribution >= 0.6 is 0 Å². The molecule has 0 bridgehead atoms. The van der Waals surface area contributed by atoms with E-state index in [4.69, 9.17) is 9.47 Å². The van der Waals surface area contributed by atoms with E-state index >= 15 is 0 Å². The zero-order valence-electron chi connectivity index (χ0n) is 16.1. The summed E-state index contributed by atoms with van der Waals surface area (Å²) in [5.74, 6) is -1.36. The maximum atomic E-state index is 12.8. The van der Waals surface area contributed by atoms with Gasteiger partial charge in [-0.3, -0.25) is 24.1 Å². The zero-order chi connectivity index (χ0) is 20.3. The minimum atomic E-state index is -0.379. The van der Waals surface area contributed by atoms with E-state index in [9.17, 15) is 19.2 Å². The van der Waals surface area contributed by atoms with Gasteiger partial charge in [0.1, 0.15) is 0 Å². The van der Waals surface area contributed by atoms with Crippen LogP contribution in [0.1, 0.15) is 50.3 Å². The van der Waals surface area contributed by atoms with Crippen LogP contribution in [0, 0.1) is 5.92 Å². The van der Waals surface area contributed by atoms with Crippen molar-refractivity contribution in [3.8, 4) is 0 Å². The lowest BCUT2D eigenvalue weighted by atomic mass is 9.96. The Morgan fingerprint density at radius 1 is 1.07 bits per heavy atom. The molecule has 150 valence electrons. The molecule has 8 heteroatoms. The summed E-state index contributed by atoms with van der Waals surface area (Å²) in [6.07, 6.45) is 1.66. The number of imide groups is 1. The summed E-state index contributed by atoms with van der Waals surface area (Å²) in [5.41, 5.74) is 0.955. The summed E-state index contributed by atoms with van der Waals surface area (Å²) < 4.78 is 9.73. The van der Waals surface area contributed by atoms with Crippen molar-refractivity contribution in [3.63, 3.8) is 0 Å². The molecule has 1 aromatic carbocycles. The highest BCUT2D eigenvalue weighted by Gasteiger charge is 2.36. The summed E-state index contributed by atoms with van der Waals surface area (Å²) in [4.78, 5) is 52.3. The van der Waals surface area contributed by atoms with Crippen LogP contribution in [0.3, 0.4) is 0 Å². The van der Waals surface area contributed by atoms with Gasteiger partial charge in [-0.05, 0) is 37.5 Å². The van der Waals surface area contributed by atoms with Gasteiger partial charge in [-0.2, -0.15) is 0 Å². The van der Waals surface area contributed by atoms with E-state index in [-0.39, 0.29) is 41.7 Å². The molecule has 28 heavy (non-hydrogen) atoms. The van der Waals surface area contributed by atoms with Crippen LogP contribution in [0.2, 0.25) is 0 Å². The number of amides is 3.